The molecule has 0 radical (unpaired) electrons. The summed E-state index contributed by atoms with van der Waals surface area (Å²) in [5.74, 6) is 2.01. The van der Waals surface area contributed by atoms with Gasteiger partial charge in [0, 0.05) is 43.8 Å². The molecule has 1 aliphatic rings. The second kappa shape index (κ2) is 19.5. The van der Waals surface area contributed by atoms with Crippen molar-refractivity contribution in [1.29, 1.82) is 0 Å². The number of benzene rings is 6. The van der Waals surface area contributed by atoms with Gasteiger partial charge < -0.3 is 29.2 Å². The molecule has 0 bridgehead atoms. The Balaban J connectivity index is 1.20. The van der Waals surface area contributed by atoms with E-state index in [2.05, 4.69) is 102 Å². The van der Waals surface area contributed by atoms with E-state index in [1.54, 1.807) is 50.1 Å². The van der Waals surface area contributed by atoms with E-state index in [1.807, 2.05) is 42.5 Å². The van der Waals surface area contributed by atoms with Gasteiger partial charge in [-0.25, -0.2) is 4.79 Å². The Morgan fingerprint density at radius 1 is 0.695 bits per heavy atom. The Morgan fingerprint density at radius 2 is 1.19 bits per heavy atom. The van der Waals surface area contributed by atoms with Crippen molar-refractivity contribution in [2.75, 3.05) is 46.8 Å². The minimum absolute atomic E-state index is 0.0425. The topological polar surface area (TPSA) is 86.3 Å². The second-order valence-electron chi connectivity index (χ2n) is 14.3. The maximum absolute atomic E-state index is 14.6. The van der Waals surface area contributed by atoms with Gasteiger partial charge in [-0.2, -0.15) is 0 Å². The van der Waals surface area contributed by atoms with E-state index in [0.717, 1.165) is 27.8 Å². The number of carbonyl (C=O) groups excluding carboxylic acids is 2. The van der Waals surface area contributed by atoms with Crippen molar-refractivity contribution in [1.82, 2.24) is 10.2 Å². The molecule has 0 aliphatic heterocycles. The standard InChI is InChI=1S/C50H50N2O6S/c1-51-48(53)28-17-30-57-39-32-46(55-2)44(47(33-39)56-3)34-52(49(54)58-35-45-42-26-15-13-24-40(42)41-25-14-16-27-43(41)45)29-31-59-50(36-18-7-4-8-19-36,37-20-9-5-10-21-37)38-22-11-6-12-23-38/h4-16,18-27,32-33,45H,17,28-31,34-35H2,1-3H3,(H,51,53). The quantitative estimate of drug-likeness (QED) is 0.0684. The van der Waals surface area contributed by atoms with Gasteiger partial charge in [-0.05, 0) is 45.4 Å². The number of hydrogen-bond donors (Lipinski definition) is 1. The zero-order chi connectivity index (χ0) is 41.0. The van der Waals surface area contributed by atoms with Crippen molar-refractivity contribution in [2.45, 2.75) is 30.1 Å². The fourth-order valence-electron chi connectivity index (χ4n) is 7.94. The predicted octanol–water partition coefficient (Wildman–Crippen LogP) is 10.1. The average Bonchev–Trinajstić information content (AvgIpc) is 3.62. The lowest BCUT2D eigenvalue weighted by molar-refractivity contribution is -0.120. The van der Waals surface area contributed by atoms with E-state index < -0.39 is 10.8 Å². The minimum atomic E-state index is -0.567. The Kier molecular flexibility index (Phi) is 13.5. The smallest absolute Gasteiger partial charge is 0.410 e. The number of nitrogens with zero attached hydrogens (tertiary/aromatic N) is 1. The van der Waals surface area contributed by atoms with Gasteiger partial charge in [0.2, 0.25) is 5.91 Å². The Hall–Kier alpha value is -6.19. The number of hydrogen-bond acceptors (Lipinski definition) is 7. The molecule has 6 aromatic rings. The largest absolute Gasteiger partial charge is 0.496 e. The van der Waals surface area contributed by atoms with Crippen LogP contribution in [0.4, 0.5) is 4.79 Å². The lowest BCUT2D eigenvalue weighted by Crippen LogP contribution is -2.35. The number of methoxy groups -OCH3 is 2. The van der Waals surface area contributed by atoms with Gasteiger partial charge in [0.1, 0.15) is 23.9 Å². The van der Waals surface area contributed by atoms with E-state index >= 15 is 0 Å². The summed E-state index contributed by atoms with van der Waals surface area (Å²) in [6, 6.07) is 51.9. The first-order valence-electron chi connectivity index (χ1n) is 20.0. The first-order chi connectivity index (χ1) is 29.0. The van der Waals surface area contributed by atoms with E-state index in [1.165, 1.54) is 11.1 Å². The third kappa shape index (κ3) is 9.11. The fraction of sp³-hybridized carbons (Fsp3) is 0.240. The van der Waals surface area contributed by atoms with E-state index in [4.69, 9.17) is 18.9 Å². The van der Waals surface area contributed by atoms with Crippen molar-refractivity contribution in [3.8, 4) is 28.4 Å². The van der Waals surface area contributed by atoms with Gasteiger partial charge in [-0.3, -0.25) is 4.79 Å². The number of fused-ring (bicyclic) bond motifs is 3. The summed E-state index contributed by atoms with van der Waals surface area (Å²) < 4.78 is 23.6. The van der Waals surface area contributed by atoms with Gasteiger partial charge in [-0.1, -0.05) is 140 Å². The van der Waals surface area contributed by atoms with Crippen molar-refractivity contribution >= 4 is 23.8 Å². The molecule has 0 atom stereocenters. The zero-order valence-corrected chi connectivity index (χ0v) is 34.6. The molecule has 59 heavy (non-hydrogen) atoms. The van der Waals surface area contributed by atoms with Crippen molar-refractivity contribution < 1.29 is 28.5 Å². The van der Waals surface area contributed by atoms with Crippen LogP contribution in [-0.2, 0) is 20.8 Å². The third-order valence-corrected chi connectivity index (χ3v) is 12.4. The molecular formula is C50H50N2O6S. The van der Waals surface area contributed by atoms with Crippen LogP contribution < -0.4 is 19.5 Å². The van der Waals surface area contributed by atoms with Crippen molar-refractivity contribution in [3.63, 3.8) is 0 Å². The molecule has 302 valence electrons. The SMILES string of the molecule is CNC(=O)CCCOc1cc(OC)c(CN(CCSC(c2ccccc2)(c2ccccc2)c2ccccc2)C(=O)OCC2c3ccccc3-c3ccccc32)c(OC)c1. The summed E-state index contributed by atoms with van der Waals surface area (Å²) >= 11 is 1.79. The van der Waals surface area contributed by atoms with Crippen LogP contribution >= 0.6 is 11.8 Å². The zero-order valence-electron chi connectivity index (χ0n) is 33.8. The highest BCUT2D eigenvalue weighted by molar-refractivity contribution is 8.00. The Bertz CT molecular complexity index is 2150. The third-order valence-electron chi connectivity index (χ3n) is 10.8. The van der Waals surface area contributed by atoms with Crippen molar-refractivity contribution in [2.24, 2.45) is 0 Å². The van der Waals surface area contributed by atoms with E-state index in [-0.39, 0.29) is 25.0 Å². The minimum Gasteiger partial charge on any atom is -0.496 e. The lowest BCUT2D eigenvalue weighted by Gasteiger charge is -2.36. The van der Waals surface area contributed by atoms with Crippen LogP contribution in [0.1, 0.15) is 52.1 Å². The van der Waals surface area contributed by atoms with Crippen LogP contribution in [0.25, 0.3) is 11.1 Å². The molecule has 0 heterocycles. The first kappa shape index (κ1) is 41.0. The van der Waals surface area contributed by atoms with Crippen LogP contribution in [0.3, 0.4) is 0 Å². The second-order valence-corrected chi connectivity index (χ2v) is 15.6. The predicted molar refractivity (Wildman–Crippen MR) is 235 cm³/mol. The molecule has 0 fully saturated rings. The first-order valence-corrected chi connectivity index (χ1v) is 20.9. The summed E-state index contributed by atoms with van der Waals surface area (Å²) in [6.07, 6.45) is 0.474. The molecule has 8 nitrogen and oxygen atoms in total. The highest BCUT2D eigenvalue weighted by atomic mass is 32.2. The summed E-state index contributed by atoms with van der Waals surface area (Å²) in [7, 11) is 4.80. The molecular weight excluding hydrogens is 757 g/mol. The lowest BCUT2D eigenvalue weighted by atomic mass is 9.84. The number of ether oxygens (including phenoxy) is 4. The number of carbonyl (C=O) groups is 2. The number of thioether (sulfide) groups is 1. The molecule has 9 heteroatoms. The maximum atomic E-state index is 14.6. The van der Waals surface area contributed by atoms with Gasteiger partial charge >= 0.3 is 6.09 Å². The summed E-state index contributed by atoms with van der Waals surface area (Å²) in [5.41, 5.74) is 8.75. The molecule has 1 N–H and O–H groups in total. The van der Waals surface area contributed by atoms with Crippen molar-refractivity contribution in [3.05, 3.63) is 185 Å². The van der Waals surface area contributed by atoms with Crippen LogP contribution in [0, 0.1) is 0 Å². The van der Waals surface area contributed by atoms with Gasteiger partial charge in [0.15, 0.2) is 0 Å². The van der Waals surface area contributed by atoms with Crippen LogP contribution in [0.5, 0.6) is 17.2 Å². The van der Waals surface area contributed by atoms with Gasteiger partial charge in [0.25, 0.3) is 0 Å². The average molecular weight is 807 g/mol. The number of amides is 2. The highest BCUT2D eigenvalue weighted by Crippen LogP contribution is 2.49. The van der Waals surface area contributed by atoms with E-state index in [0.29, 0.717) is 54.6 Å². The molecule has 0 unspecified atom stereocenters. The van der Waals surface area contributed by atoms with Crippen LogP contribution in [0.15, 0.2) is 152 Å². The summed E-state index contributed by atoms with van der Waals surface area (Å²) in [6.45, 7) is 1.05. The summed E-state index contributed by atoms with van der Waals surface area (Å²) in [4.78, 5) is 28.1. The molecule has 2 amide bonds. The fourth-order valence-corrected chi connectivity index (χ4v) is 9.46. The normalized spacial score (nSPS) is 11.9. The molecule has 0 saturated heterocycles. The van der Waals surface area contributed by atoms with Crippen LogP contribution in [-0.4, -0.2) is 63.7 Å². The molecule has 0 saturated carbocycles. The summed E-state index contributed by atoms with van der Waals surface area (Å²) in [5, 5.41) is 2.64. The Morgan fingerprint density at radius 3 is 1.68 bits per heavy atom. The molecule has 0 spiro atoms. The number of rotatable bonds is 18. The van der Waals surface area contributed by atoms with Gasteiger partial charge in [-0.15, -0.1) is 11.8 Å². The Labute approximate surface area is 351 Å². The maximum Gasteiger partial charge on any atom is 0.410 e. The van der Waals surface area contributed by atoms with Crippen LogP contribution in [0.2, 0.25) is 0 Å². The number of nitrogens with one attached hydrogen (secondary N) is 1. The molecule has 0 aromatic heterocycles. The highest BCUT2D eigenvalue weighted by Gasteiger charge is 2.37. The van der Waals surface area contributed by atoms with E-state index in [9.17, 15) is 9.59 Å². The monoisotopic (exact) mass is 806 g/mol. The molecule has 7 rings (SSSR count). The molecule has 1 aliphatic carbocycles. The molecule has 6 aromatic carbocycles. The van der Waals surface area contributed by atoms with Gasteiger partial charge in [0.05, 0.1) is 37.7 Å².